The molecule has 0 unspecified atom stereocenters. The summed E-state index contributed by atoms with van der Waals surface area (Å²) < 4.78 is 26.6. The molecule has 0 N–H and O–H groups in total. The maximum atomic E-state index is 13.9. The quantitative estimate of drug-likeness (QED) is 0.536. The van der Waals surface area contributed by atoms with E-state index in [1.165, 1.54) is 11.1 Å². The van der Waals surface area contributed by atoms with E-state index >= 15 is 0 Å². The minimum Gasteiger partial charge on any atom is -0.335 e. The van der Waals surface area contributed by atoms with Crippen LogP contribution in [0.4, 0.5) is 4.39 Å². The second-order valence-corrected chi connectivity index (χ2v) is 8.92. The molecule has 0 radical (unpaired) electrons. The highest BCUT2D eigenvalue weighted by Crippen LogP contribution is 2.42. The Kier molecular flexibility index (Phi) is 6.75. The van der Waals surface area contributed by atoms with Crippen molar-refractivity contribution in [1.29, 1.82) is 0 Å². The summed E-state index contributed by atoms with van der Waals surface area (Å²) in [6.07, 6.45) is 12.6. The number of fused-ring (bicyclic) bond motifs is 1. The van der Waals surface area contributed by atoms with Gasteiger partial charge >= 0.3 is 0 Å². The van der Waals surface area contributed by atoms with Crippen LogP contribution < -0.4 is 0 Å². The highest BCUT2D eigenvalue weighted by Gasteiger charge is 2.45. The van der Waals surface area contributed by atoms with Gasteiger partial charge in [0.1, 0.15) is 6.67 Å². The van der Waals surface area contributed by atoms with Crippen LogP contribution in [-0.4, -0.2) is 30.5 Å². The third-order valence-electron chi connectivity index (χ3n) is 5.86. The zero-order valence-corrected chi connectivity index (χ0v) is 18.3. The Hall–Kier alpha value is -1.78. The number of halogens is 1. The third-order valence-corrected chi connectivity index (χ3v) is 5.86. The molecule has 1 aliphatic carbocycles. The first kappa shape index (κ1) is 21.9. The fourth-order valence-electron chi connectivity index (χ4n) is 4.39. The first-order chi connectivity index (χ1) is 13.7. The average Bonchev–Trinajstić information content (AvgIpc) is 2.61. The van der Waals surface area contributed by atoms with Crippen molar-refractivity contribution in [2.45, 2.75) is 78.3 Å². The molecule has 29 heavy (non-hydrogen) atoms. The van der Waals surface area contributed by atoms with Crippen molar-refractivity contribution in [3.8, 4) is 0 Å². The summed E-state index contributed by atoms with van der Waals surface area (Å²) >= 11 is 0. The smallest absolute Gasteiger partial charge is 0.209 e. The number of hydrogen-bond donors (Lipinski definition) is 0. The van der Waals surface area contributed by atoms with Crippen LogP contribution in [-0.2, 0) is 14.3 Å². The lowest BCUT2D eigenvalue weighted by Crippen LogP contribution is -2.49. The van der Waals surface area contributed by atoms with Crippen LogP contribution in [0, 0.1) is 5.92 Å². The van der Waals surface area contributed by atoms with Crippen LogP contribution in [0.25, 0.3) is 0 Å². The van der Waals surface area contributed by atoms with E-state index in [-0.39, 0.29) is 23.9 Å². The van der Waals surface area contributed by atoms with Gasteiger partial charge in [-0.05, 0) is 83.3 Å². The molecule has 0 aromatic heterocycles. The second kappa shape index (κ2) is 8.93. The fraction of sp³-hybridized carbons (Fsp3) is 0.560. The van der Waals surface area contributed by atoms with Gasteiger partial charge in [-0.3, -0.25) is 4.79 Å². The molecule has 2 heterocycles. The van der Waals surface area contributed by atoms with E-state index in [4.69, 9.17) is 9.47 Å². The summed E-state index contributed by atoms with van der Waals surface area (Å²) in [4.78, 5) is 12.1. The number of ether oxygens (including phenoxy) is 2. The Labute approximate surface area is 174 Å². The van der Waals surface area contributed by atoms with Crippen LogP contribution in [0.1, 0.15) is 60.3 Å². The van der Waals surface area contributed by atoms with Gasteiger partial charge < -0.3 is 9.47 Å². The Morgan fingerprint density at radius 3 is 2.66 bits per heavy atom. The fourth-order valence-corrected chi connectivity index (χ4v) is 4.39. The summed E-state index contributed by atoms with van der Waals surface area (Å²) in [5.74, 6) is -1.24. The first-order valence-electron chi connectivity index (χ1n) is 10.5. The van der Waals surface area contributed by atoms with E-state index in [0.717, 1.165) is 24.8 Å². The topological polar surface area (TPSA) is 35.5 Å². The van der Waals surface area contributed by atoms with E-state index < -0.39 is 12.5 Å². The van der Waals surface area contributed by atoms with E-state index in [9.17, 15) is 9.18 Å². The van der Waals surface area contributed by atoms with Gasteiger partial charge in [-0.2, -0.15) is 0 Å². The molecular formula is C25H33FO3. The van der Waals surface area contributed by atoms with Gasteiger partial charge in [0.05, 0.1) is 12.2 Å². The lowest BCUT2D eigenvalue weighted by atomic mass is 9.79. The maximum absolute atomic E-state index is 13.9. The Morgan fingerprint density at radius 1 is 1.21 bits per heavy atom. The summed E-state index contributed by atoms with van der Waals surface area (Å²) in [7, 11) is 0. The monoisotopic (exact) mass is 400 g/mol. The van der Waals surface area contributed by atoms with Crippen LogP contribution >= 0.6 is 0 Å². The molecule has 1 spiro atoms. The third kappa shape index (κ3) is 5.23. The van der Waals surface area contributed by atoms with Crippen molar-refractivity contribution in [2.75, 3.05) is 6.67 Å². The van der Waals surface area contributed by atoms with Gasteiger partial charge in [0.25, 0.3) is 0 Å². The Morgan fingerprint density at radius 2 is 1.97 bits per heavy atom. The van der Waals surface area contributed by atoms with Crippen molar-refractivity contribution in [2.24, 2.45) is 5.92 Å². The minimum absolute atomic E-state index is 0.0641. The lowest BCUT2D eigenvalue weighted by Gasteiger charge is -2.45. The molecular weight excluding hydrogens is 367 g/mol. The average molecular weight is 401 g/mol. The summed E-state index contributed by atoms with van der Waals surface area (Å²) in [5, 5.41) is 0. The van der Waals surface area contributed by atoms with E-state index in [1.54, 1.807) is 13.0 Å². The summed E-state index contributed by atoms with van der Waals surface area (Å²) in [5.41, 5.74) is 5.06. The molecule has 0 saturated heterocycles. The summed E-state index contributed by atoms with van der Waals surface area (Å²) in [6, 6.07) is 0. The highest BCUT2D eigenvalue weighted by molar-refractivity contribution is 5.96. The number of Topliss-reactive ketones (excluding diaryl/α,β-unsaturated/α-hetero) is 1. The zero-order chi connectivity index (χ0) is 21.2. The molecule has 3 nitrogen and oxygen atoms in total. The molecule has 0 amide bonds. The van der Waals surface area contributed by atoms with Gasteiger partial charge in [0.15, 0.2) is 5.78 Å². The molecule has 0 aromatic rings. The second-order valence-electron chi connectivity index (χ2n) is 8.92. The summed E-state index contributed by atoms with van der Waals surface area (Å²) in [6.45, 7) is 9.62. The molecule has 2 aliphatic heterocycles. The molecule has 0 fully saturated rings. The van der Waals surface area contributed by atoms with E-state index in [2.05, 4.69) is 39.8 Å². The van der Waals surface area contributed by atoms with Crippen LogP contribution in [0.2, 0.25) is 0 Å². The number of alkyl halides is 1. The number of ketones is 1. The number of hydrogen-bond acceptors (Lipinski definition) is 3. The van der Waals surface area contributed by atoms with Crippen molar-refractivity contribution in [3.63, 3.8) is 0 Å². The van der Waals surface area contributed by atoms with Crippen LogP contribution in [0.3, 0.4) is 0 Å². The largest absolute Gasteiger partial charge is 0.335 e. The highest BCUT2D eigenvalue weighted by atomic mass is 19.1. The molecule has 0 aromatic carbocycles. The predicted molar refractivity (Wildman–Crippen MR) is 114 cm³/mol. The van der Waals surface area contributed by atoms with E-state index in [0.29, 0.717) is 17.6 Å². The molecule has 3 rings (SSSR count). The maximum Gasteiger partial charge on any atom is 0.209 e. The lowest BCUT2D eigenvalue weighted by molar-refractivity contribution is -0.224. The zero-order valence-electron chi connectivity index (χ0n) is 18.3. The van der Waals surface area contributed by atoms with Gasteiger partial charge in [-0.25, -0.2) is 4.39 Å². The van der Waals surface area contributed by atoms with Crippen LogP contribution in [0.15, 0.2) is 58.2 Å². The van der Waals surface area contributed by atoms with Gasteiger partial charge in [-0.15, -0.1) is 0 Å². The van der Waals surface area contributed by atoms with E-state index in [1.807, 2.05) is 12.2 Å². The molecule has 4 heteroatoms. The molecule has 3 aliphatic rings. The Bertz CT molecular complexity index is 810. The van der Waals surface area contributed by atoms with Crippen molar-refractivity contribution >= 4 is 5.78 Å². The predicted octanol–water partition coefficient (Wildman–Crippen LogP) is 5.94. The standard InChI is InChI=1S/C25H33FO3/c1-16(2)7-6-8-17(3)9-21-10-18(4)13-25(28-21)14-20(15-26)22-12-23(27)19(5)11-24(22)29-25/h7,9,11,13-14,21-22,24H,6,8,10,12,15H2,1-5H3/t21-,22-,24-,25+/m1/s1. The number of allylic oxidation sites excluding steroid dienone is 4. The van der Waals surface area contributed by atoms with Crippen molar-refractivity contribution in [3.05, 3.63) is 58.2 Å². The van der Waals surface area contributed by atoms with Crippen molar-refractivity contribution in [1.82, 2.24) is 0 Å². The SMILES string of the molecule is CC(C)=CCCC(C)=C[C@@H]1CC(C)=C[C@]2(C=C(CF)[C@H]3CC(=O)C(C)=C[C@H]3O2)O1. The number of carbonyl (C=O) groups excluding carboxylic acids is 1. The van der Waals surface area contributed by atoms with Crippen LogP contribution in [0.5, 0.6) is 0 Å². The molecule has 0 saturated carbocycles. The number of carbonyl (C=O) groups is 1. The van der Waals surface area contributed by atoms with Crippen molar-refractivity contribution < 1.29 is 18.7 Å². The molecule has 0 bridgehead atoms. The Balaban J connectivity index is 1.83. The van der Waals surface area contributed by atoms with Gasteiger partial charge in [-0.1, -0.05) is 28.9 Å². The molecule has 158 valence electrons. The normalized spacial score (nSPS) is 32.3. The minimum atomic E-state index is -1.07. The number of rotatable bonds is 5. The molecule has 4 atom stereocenters. The van der Waals surface area contributed by atoms with Gasteiger partial charge in [0, 0.05) is 12.3 Å². The first-order valence-corrected chi connectivity index (χ1v) is 10.5. The van der Waals surface area contributed by atoms with Gasteiger partial charge in [0.2, 0.25) is 5.79 Å².